The number of Topliss-reactive ketones (excluding diaryl/α,β-unsaturated/α-hetero) is 1. The van der Waals surface area contributed by atoms with Crippen LogP contribution in [0.25, 0.3) is 0 Å². The molecule has 2 rings (SSSR count). The summed E-state index contributed by atoms with van der Waals surface area (Å²) in [7, 11) is 1.72. The highest BCUT2D eigenvalue weighted by Gasteiger charge is 2.16. The van der Waals surface area contributed by atoms with E-state index in [4.69, 9.17) is 0 Å². The van der Waals surface area contributed by atoms with Crippen molar-refractivity contribution in [1.29, 1.82) is 0 Å². The molecule has 1 aromatic heterocycles. The molecule has 1 heterocycles. The van der Waals surface area contributed by atoms with E-state index in [1.807, 2.05) is 6.92 Å². The number of ketones is 1. The maximum Gasteiger partial charge on any atom is 0.170 e. The quantitative estimate of drug-likeness (QED) is 0.796. The van der Waals surface area contributed by atoms with Gasteiger partial charge in [-0.25, -0.2) is 8.78 Å². The summed E-state index contributed by atoms with van der Waals surface area (Å²) in [5.74, 6) is -1.38. The number of carbonyl (C=O) groups excluding carboxylic acids is 1. The molecule has 0 bridgehead atoms. The number of nitrogens with zero attached hydrogens (tertiary/aromatic N) is 2. The zero-order valence-corrected chi connectivity index (χ0v) is 10.8. The second kappa shape index (κ2) is 5.30. The molecule has 0 saturated carbocycles. The standard InChI is InChI=1S/C14H14F2N2O/c1-3-13-11(8-18(2)17-13)14(19)7-9-6-10(15)4-5-12(9)16/h4-6,8H,3,7H2,1-2H3. The second-order valence-electron chi connectivity index (χ2n) is 4.35. The highest BCUT2D eigenvalue weighted by Crippen LogP contribution is 2.15. The Morgan fingerprint density at radius 2 is 2.11 bits per heavy atom. The Bertz CT molecular complexity index is 620. The van der Waals surface area contributed by atoms with Gasteiger partial charge in [0.15, 0.2) is 5.78 Å². The molecule has 0 fully saturated rings. The minimum atomic E-state index is -0.573. The Labute approximate surface area is 109 Å². The number of benzene rings is 1. The summed E-state index contributed by atoms with van der Waals surface area (Å²) in [6.07, 6.45) is 2.06. The molecule has 0 atom stereocenters. The van der Waals surface area contributed by atoms with Crippen LogP contribution in [-0.4, -0.2) is 15.6 Å². The molecule has 3 nitrogen and oxygen atoms in total. The molecule has 1 aromatic carbocycles. The van der Waals surface area contributed by atoms with E-state index in [9.17, 15) is 13.6 Å². The van der Waals surface area contributed by atoms with Crippen molar-refractivity contribution in [3.8, 4) is 0 Å². The van der Waals surface area contributed by atoms with Gasteiger partial charge in [0.25, 0.3) is 0 Å². The summed E-state index contributed by atoms with van der Waals surface area (Å²) in [6, 6.07) is 3.11. The Balaban J connectivity index is 2.27. The van der Waals surface area contributed by atoms with Crippen molar-refractivity contribution in [2.24, 2.45) is 7.05 Å². The molecule has 19 heavy (non-hydrogen) atoms. The first-order valence-corrected chi connectivity index (χ1v) is 6.01. The molecule has 0 aliphatic rings. The van der Waals surface area contributed by atoms with Gasteiger partial charge >= 0.3 is 0 Å². The summed E-state index contributed by atoms with van der Waals surface area (Å²) < 4.78 is 28.1. The van der Waals surface area contributed by atoms with Crippen molar-refractivity contribution in [1.82, 2.24) is 9.78 Å². The predicted octanol–water partition coefficient (Wildman–Crippen LogP) is 2.69. The fourth-order valence-electron chi connectivity index (χ4n) is 1.98. The maximum absolute atomic E-state index is 13.5. The van der Waals surface area contributed by atoms with E-state index < -0.39 is 11.6 Å². The Morgan fingerprint density at radius 1 is 1.37 bits per heavy atom. The van der Waals surface area contributed by atoms with Crippen LogP contribution in [0.2, 0.25) is 0 Å². The van der Waals surface area contributed by atoms with Crippen LogP contribution >= 0.6 is 0 Å². The van der Waals surface area contributed by atoms with Crippen LogP contribution in [0, 0.1) is 11.6 Å². The van der Waals surface area contributed by atoms with E-state index >= 15 is 0 Å². The molecule has 0 N–H and O–H groups in total. The smallest absolute Gasteiger partial charge is 0.170 e. The Morgan fingerprint density at radius 3 is 2.79 bits per heavy atom. The molecule has 5 heteroatoms. The van der Waals surface area contributed by atoms with Gasteiger partial charge in [-0.1, -0.05) is 6.92 Å². The van der Waals surface area contributed by atoms with E-state index in [-0.39, 0.29) is 17.8 Å². The Hall–Kier alpha value is -2.04. The molecule has 0 saturated heterocycles. The fourth-order valence-corrected chi connectivity index (χ4v) is 1.98. The van der Waals surface area contributed by atoms with Crippen molar-refractivity contribution in [3.05, 3.63) is 52.9 Å². The molecule has 2 aromatic rings. The lowest BCUT2D eigenvalue weighted by Gasteiger charge is -2.03. The summed E-state index contributed by atoms with van der Waals surface area (Å²) >= 11 is 0. The SMILES string of the molecule is CCc1nn(C)cc1C(=O)Cc1cc(F)ccc1F. The molecular weight excluding hydrogens is 250 g/mol. The minimum absolute atomic E-state index is 0.0657. The fraction of sp³-hybridized carbons (Fsp3) is 0.286. The van der Waals surface area contributed by atoms with Gasteiger partial charge in [-0.05, 0) is 30.2 Å². The summed E-state index contributed by atoms with van der Waals surface area (Å²) in [4.78, 5) is 12.1. The third kappa shape index (κ3) is 2.86. The normalized spacial score (nSPS) is 10.7. The van der Waals surface area contributed by atoms with Crippen LogP contribution in [0.3, 0.4) is 0 Å². The van der Waals surface area contributed by atoms with Crippen molar-refractivity contribution in [2.75, 3.05) is 0 Å². The molecule has 0 aliphatic carbocycles. The summed E-state index contributed by atoms with van der Waals surface area (Å²) in [6.45, 7) is 1.89. The highest BCUT2D eigenvalue weighted by molar-refractivity contribution is 5.98. The Kier molecular flexibility index (Phi) is 3.74. The van der Waals surface area contributed by atoms with E-state index in [1.54, 1.807) is 17.9 Å². The van der Waals surface area contributed by atoms with Crippen LogP contribution in [-0.2, 0) is 19.9 Å². The molecule has 0 aliphatic heterocycles. The van der Waals surface area contributed by atoms with Crippen molar-refractivity contribution in [2.45, 2.75) is 19.8 Å². The van der Waals surface area contributed by atoms with Crippen molar-refractivity contribution in [3.63, 3.8) is 0 Å². The summed E-state index contributed by atoms with van der Waals surface area (Å²) in [5.41, 5.74) is 1.20. The number of aromatic nitrogens is 2. The van der Waals surface area contributed by atoms with Gasteiger partial charge < -0.3 is 0 Å². The largest absolute Gasteiger partial charge is 0.294 e. The number of hydrogen-bond acceptors (Lipinski definition) is 2. The molecule has 0 spiro atoms. The third-order valence-electron chi connectivity index (χ3n) is 2.90. The minimum Gasteiger partial charge on any atom is -0.294 e. The van der Waals surface area contributed by atoms with E-state index in [2.05, 4.69) is 5.10 Å². The molecular formula is C14H14F2N2O. The van der Waals surface area contributed by atoms with Gasteiger partial charge in [0.05, 0.1) is 11.3 Å². The first kappa shape index (κ1) is 13.4. The van der Waals surface area contributed by atoms with Crippen LogP contribution in [0.1, 0.15) is 28.5 Å². The highest BCUT2D eigenvalue weighted by atomic mass is 19.1. The van der Waals surface area contributed by atoms with Gasteiger partial charge in [-0.2, -0.15) is 5.10 Å². The monoisotopic (exact) mass is 264 g/mol. The zero-order chi connectivity index (χ0) is 14.0. The van der Waals surface area contributed by atoms with Crippen LogP contribution in [0.15, 0.2) is 24.4 Å². The predicted molar refractivity (Wildman–Crippen MR) is 67.0 cm³/mol. The van der Waals surface area contributed by atoms with Gasteiger partial charge in [0, 0.05) is 19.7 Å². The second-order valence-corrected chi connectivity index (χ2v) is 4.35. The lowest BCUT2D eigenvalue weighted by Crippen LogP contribution is -2.07. The first-order valence-electron chi connectivity index (χ1n) is 6.01. The van der Waals surface area contributed by atoms with E-state index in [0.717, 1.165) is 18.2 Å². The number of aryl methyl sites for hydroxylation is 2. The molecule has 0 amide bonds. The zero-order valence-electron chi connectivity index (χ0n) is 10.8. The van der Waals surface area contributed by atoms with E-state index in [0.29, 0.717) is 17.7 Å². The average Bonchev–Trinajstić information content (AvgIpc) is 2.75. The van der Waals surface area contributed by atoms with Gasteiger partial charge in [-0.3, -0.25) is 9.48 Å². The summed E-state index contributed by atoms with van der Waals surface area (Å²) in [5, 5.41) is 4.16. The van der Waals surface area contributed by atoms with Gasteiger partial charge in [0.2, 0.25) is 0 Å². The third-order valence-corrected chi connectivity index (χ3v) is 2.90. The number of halogens is 2. The van der Waals surface area contributed by atoms with Crippen LogP contribution < -0.4 is 0 Å². The van der Waals surface area contributed by atoms with Crippen LogP contribution in [0.4, 0.5) is 8.78 Å². The first-order chi connectivity index (χ1) is 9.01. The van der Waals surface area contributed by atoms with E-state index in [1.165, 1.54) is 0 Å². The van der Waals surface area contributed by atoms with Crippen LogP contribution in [0.5, 0.6) is 0 Å². The topological polar surface area (TPSA) is 34.9 Å². The molecule has 0 unspecified atom stereocenters. The average molecular weight is 264 g/mol. The molecule has 0 radical (unpaired) electrons. The molecule has 100 valence electrons. The van der Waals surface area contributed by atoms with Crippen molar-refractivity contribution < 1.29 is 13.6 Å². The number of carbonyl (C=O) groups is 1. The lowest BCUT2D eigenvalue weighted by atomic mass is 10.0. The van der Waals surface area contributed by atoms with Gasteiger partial charge in [-0.15, -0.1) is 0 Å². The van der Waals surface area contributed by atoms with Gasteiger partial charge in [0.1, 0.15) is 11.6 Å². The van der Waals surface area contributed by atoms with Crippen molar-refractivity contribution >= 4 is 5.78 Å². The number of hydrogen-bond donors (Lipinski definition) is 0. The maximum atomic E-state index is 13.5. The number of rotatable bonds is 4. The lowest BCUT2D eigenvalue weighted by molar-refractivity contribution is 0.0991.